The predicted molar refractivity (Wildman–Crippen MR) is 133 cm³/mol. The van der Waals surface area contributed by atoms with E-state index in [0.29, 0.717) is 23.5 Å². The van der Waals surface area contributed by atoms with E-state index in [0.717, 1.165) is 16.7 Å². The van der Waals surface area contributed by atoms with E-state index in [4.69, 9.17) is 0 Å². The quantitative estimate of drug-likeness (QED) is 0.578. The summed E-state index contributed by atoms with van der Waals surface area (Å²) < 4.78 is 0. The van der Waals surface area contributed by atoms with Crippen LogP contribution in [-0.4, -0.2) is 28.4 Å². The van der Waals surface area contributed by atoms with E-state index in [9.17, 15) is 14.7 Å². The third-order valence-electron chi connectivity index (χ3n) is 6.50. The Bertz CT molecular complexity index is 1190. The van der Waals surface area contributed by atoms with Crippen LogP contribution < -0.4 is 10.2 Å². The Morgan fingerprint density at radius 2 is 1.82 bits per heavy atom. The van der Waals surface area contributed by atoms with Crippen molar-refractivity contribution in [1.29, 1.82) is 0 Å². The number of aliphatic hydroxyl groups excluding tert-OH is 1. The number of hydrogen-bond acceptors (Lipinski definition) is 4. The van der Waals surface area contributed by atoms with E-state index in [1.165, 1.54) is 0 Å². The summed E-state index contributed by atoms with van der Waals surface area (Å²) in [6.45, 7) is 8.40. The molecular formula is C28H31N3O3. The minimum Gasteiger partial charge on any atom is -0.392 e. The normalized spacial score (nSPS) is 19.8. The molecule has 0 saturated heterocycles. The number of anilines is 1. The molecule has 2 N–H and O–H groups in total. The van der Waals surface area contributed by atoms with Crippen LogP contribution in [-0.2, 0) is 16.8 Å². The van der Waals surface area contributed by atoms with E-state index in [1.807, 2.05) is 68.4 Å². The Morgan fingerprint density at radius 1 is 1.12 bits per heavy atom. The minimum atomic E-state index is -1.08. The van der Waals surface area contributed by atoms with E-state index in [1.54, 1.807) is 17.2 Å². The number of amides is 2. The molecule has 4 rings (SSSR count). The molecule has 0 saturated carbocycles. The van der Waals surface area contributed by atoms with Gasteiger partial charge in [-0.1, -0.05) is 62.4 Å². The molecule has 2 aromatic carbocycles. The van der Waals surface area contributed by atoms with Gasteiger partial charge in [-0.2, -0.15) is 0 Å². The number of nitrogens with one attached hydrogen (secondary N) is 1. The van der Waals surface area contributed by atoms with Crippen LogP contribution in [0.1, 0.15) is 59.4 Å². The second kappa shape index (κ2) is 9.39. The largest absolute Gasteiger partial charge is 0.392 e. The maximum absolute atomic E-state index is 13.9. The van der Waals surface area contributed by atoms with Crippen LogP contribution in [0.4, 0.5) is 5.82 Å². The van der Waals surface area contributed by atoms with Crippen molar-refractivity contribution >= 4 is 17.6 Å². The summed E-state index contributed by atoms with van der Waals surface area (Å²) in [7, 11) is 0. The summed E-state index contributed by atoms with van der Waals surface area (Å²) >= 11 is 0. The first-order valence-electron chi connectivity index (χ1n) is 11.6. The zero-order valence-corrected chi connectivity index (χ0v) is 20.1. The molecule has 2 atom stereocenters. The second-order valence-electron chi connectivity index (χ2n) is 9.52. The number of benzene rings is 2. The molecule has 3 aromatic rings. The Kier molecular flexibility index (Phi) is 6.53. The fourth-order valence-corrected chi connectivity index (χ4v) is 4.63. The number of aryl methyl sites for hydroxylation is 1. The Morgan fingerprint density at radius 3 is 2.44 bits per heavy atom. The highest BCUT2D eigenvalue weighted by Gasteiger charge is 2.53. The van der Waals surface area contributed by atoms with Gasteiger partial charge in [0.25, 0.3) is 5.91 Å². The number of hydrogen-bond donors (Lipinski definition) is 2. The van der Waals surface area contributed by atoms with Gasteiger partial charge in [-0.3, -0.25) is 14.5 Å². The standard InChI is InChI=1S/C28H31N3O3/c1-18(2)15-30-27(34)28(4)23-8-6-5-7-22(23)26(33)31(24-14-9-19(3)16-29-24)25(28)21-12-10-20(17-32)11-13-21/h5-14,16,18,25,32H,15,17H2,1-4H3,(H,30,34)/t25-,28-/m0/s1. The second-order valence-corrected chi connectivity index (χ2v) is 9.52. The van der Waals surface area contributed by atoms with Crippen LogP contribution in [0, 0.1) is 12.8 Å². The summed E-state index contributed by atoms with van der Waals surface area (Å²) in [6, 6.07) is 17.9. The lowest BCUT2D eigenvalue weighted by Gasteiger charge is -2.47. The lowest BCUT2D eigenvalue weighted by atomic mass is 9.67. The summed E-state index contributed by atoms with van der Waals surface area (Å²) in [5.41, 5.74) is 2.65. The monoisotopic (exact) mass is 457 g/mol. The van der Waals surface area contributed by atoms with Gasteiger partial charge in [0.2, 0.25) is 5.91 Å². The average Bonchev–Trinajstić information content (AvgIpc) is 2.85. The molecule has 34 heavy (non-hydrogen) atoms. The van der Waals surface area contributed by atoms with Gasteiger partial charge >= 0.3 is 0 Å². The molecule has 0 bridgehead atoms. The first-order chi connectivity index (χ1) is 16.3. The molecule has 0 unspecified atom stereocenters. The Hall–Kier alpha value is -3.51. The van der Waals surface area contributed by atoms with Crippen molar-refractivity contribution < 1.29 is 14.7 Å². The SMILES string of the molecule is Cc1ccc(N2C(=O)c3ccccc3[C@](C)(C(=O)NCC(C)C)[C@@H]2c2ccc(CO)cc2)nc1. The molecule has 2 heterocycles. The molecule has 0 fully saturated rings. The van der Waals surface area contributed by atoms with Gasteiger partial charge in [-0.15, -0.1) is 0 Å². The van der Waals surface area contributed by atoms with E-state index >= 15 is 0 Å². The maximum Gasteiger partial charge on any atom is 0.260 e. The van der Waals surface area contributed by atoms with Crippen molar-refractivity contribution in [2.24, 2.45) is 5.92 Å². The molecule has 0 radical (unpaired) electrons. The molecule has 6 heteroatoms. The topological polar surface area (TPSA) is 82.5 Å². The molecule has 0 aliphatic carbocycles. The zero-order chi connectivity index (χ0) is 24.5. The number of aliphatic hydroxyl groups is 1. The molecule has 1 aliphatic rings. The van der Waals surface area contributed by atoms with E-state index < -0.39 is 11.5 Å². The minimum absolute atomic E-state index is 0.0813. The highest BCUT2D eigenvalue weighted by molar-refractivity contribution is 6.12. The third kappa shape index (κ3) is 4.10. The lowest BCUT2D eigenvalue weighted by molar-refractivity contribution is -0.127. The Balaban J connectivity index is 1.97. The van der Waals surface area contributed by atoms with Gasteiger partial charge in [0.1, 0.15) is 5.82 Å². The molecule has 6 nitrogen and oxygen atoms in total. The number of fused-ring (bicyclic) bond motifs is 1. The predicted octanol–water partition coefficient (Wildman–Crippen LogP) is 4.31. The number of aromatic nitrogens is 1. The zero-order valence-electron chi connectivity index (χ0n) is 20.1. The smallest absolute Gasteiger partial charge is 0.260 e. The summed E-state index contributed by atoms with van der Waals surface area (Å²) in [4.78, 5) is 34.0. The van der Waals surface area contributed by atoms with Crippen molar-refractivity contribution in [1.82, 2.24) is 10.3 Å². The van der Waals surface area contributed by atoms with Crippen LogP contribution in [0.25, 0.3) is 0 Å². The van der Waals surface area contributed by atoms with Crippen molar-refractivity contribution in [2.75, 3.05) is 11.4 Å². The third-order valence-corrected chi connectivity index (χ3v) is 6.50. The van der Waals surface area contributed by atoms with Crippen molar-refractivity contribution in [3.63, 3.8) is 0 Å². The number of carbonyl (C=O) groups is 2. The average molecular weight is 458 g/mol. The van der Waals surface area contributed by atoms with Gasteiger partial charge in [0, 0.05) is 18.3 Å². The molecule has 1 aliphatic heterocycles. The van der Waals surface area contributed by atoms with E-state index in [-0.39, 0.29) is 24.3 Å². The van der Waals surface area contributed by atoms with Crippen LogP contribution in [0.3, 0.4) is 0 Å². The van der Waals surface area contributed by atoms with Crippen molar-refractivity contribution in [3.05, 3.63) is 94.7 Å². The Labute approximate surface area is 200 Å². The van der Waals surface area contributed by atoms with Gasteiger partial charge in [-0.05, 0) is 54.2 Å². The van der Waals surface area contributed by atoms with Crippen LogP contribution in [0.5, 0.6) is 0 Å². The van der Waals surface area contributed by atoms with Gasteiger partial charge < -0.3 is 10.4 Å². The van der Waals surface area contributed by atoms with Gasteiger partial charge in [-0.25, -0.2) is 4.98 Å². The molecular weight excluding hydrogens is 426 g/mol. The highest BCUT2D eigenvalue weighted by atomic mass is 16.3. The molecule has 176 valence electrons. The number of rotatable bonds is 6. The fraction of sp³-hybridized carbons (Fsp3) is 0.321. The summed E-state index contributed by atoms with van der Waals surface area (Å²) in [5.74, 6) is 0.432. The summed E-state index contributed by atoms with van der Waals surface area (Å²) in [5, 5.41) is 12.7. The maximum atomic E-state index is 13.9. The first-order valence-corrected chi connectivity index (χ1v) is 11.6. The molecule has 2 amide bonds. The van der Waals surface area contributed by atoms with Crippen LogP contribution in [0.2, 0.25) is 0 Å². The highest BCUT2D eigenvalue weighted by Crippen LogP contribution is 2.48. The van der Waals surface area contributed by atoms with Crippen LogP contribution in [0.15, 0.2) is 66.9 Å². The molecule has 1 aromatic heterocycles. The summed E-state index contributed by atoms with van der Waals surface area (Å²) in [6.07, 6.45) is 1.73. The fourth-order valence-electron chi connectivity index (χ4n) is 4.63. The van der Waals surface area contributed by atoms with Crippen molar-refractivity contribution in [3.8, 4) is 0 Å². The number of nitrogens with zero attached hydrogens (tertiary/aromatic N) is 2. The number of carbonyl (C=O) groups excluding carboxylic acids is 2. The lowest BCUT2D eigenvalue weighted by Crippen LogP contribution is -2.58. The molecule has 0 spiro atoms. The van der Waals surface area contributed by atoms with Crippen molar-refractivity contribution in [2.45, 2.75) is 45.8 Å². The van der Waals surface area contributed by atoms with Crippen LogP contribution >= 0.6 is 0 Å². The van der Waals surface area contributed by atoms with Gasteiger partial charge in [0.05, 0.1) is 18.1 Å². The van der Waals surface area contributed by atoms with Gasteiger partial charge in [0.15, 0.2) is 0 Å². The number of pyridine rings is 1. The van der Waals surface area contributed by atoms with E-state index in [2.05, 4.69) is 24.1 Å². The first kappa shape index (κ1) is 23.6.